The molecule has 4 N–H and O–H groups in total. The number of ether oxygens (including phenoxy) is 1. The van der Waals surface area contributed by atoms with E-state index in [0.717, 1.165) is 0 Å². The third kappa shape index (κ3) is 12.6. The highest BCUT2D eigenvalue weighted by atomic mass is 32.2. The molecule has 0 radical (unpaired) electrons. The van der Waals surface area contributed by atoms with Crippen LogP contribution in [0.2, 0.25) is 0 Å². The molecule has 0 aromatic heterocycles. The van der Waals surface area contributed by atoms with Gasteiger partial charge < -0.3 is 15.4 Å². The lowest BCUT2D eigenvalue weighted by Gasteiger charge is -2.24. The number of rotatable bonds is 8. The Morgan fingerprint density at radius 1 is 1.24 bits per heavy atom. The van der Waals surface area contributed by atoms with Crippen molar-refractivity contribution in [1.82, 2.24) is 10.6 Å². The number of carbonyl (C=O) groups is 1. The summed E-state index contributed by atoms with van der Waals surface area (Å²) in [6.45, 7) is 10.9. The Hall–Kier alpha value is -0.860. The van der Waals surface area contributed by atoms with E-state index in [9.17, 15) is 13.2 Å². The van der Waals surface area contributed by atoms with Crippen LogP contribution in [0.4, 0.5) is 4.79 Å². The molecule has 21 heavy (non-hydrogen) atoms. The Kier molecular flexibility index (Phi) is 8.20. The van der Waals surface area contributed by atoms with Crippen molar-refractivity contribution < 1.29 is 17.9 Å². The lowest BCUT2D eigenvalue weighted by molar-refractivity contribution is 0.0515. The maximum absolute atomic E-state index is 11.6. The monoisotopic (exact) mass is 323 g/mol. The number of nitrogens with two attached hydrogens (primary N) is 1. The van der Waals surface area contributed by atoms with Crippen molar-refractivity contribution in [1.29, 1.82) is 0 Å². The molecule has 0 heterocycles. The number of carbonyl (C=O) groups excluding carboxylic acids is 1. The second-order valence-electron chi connectivity index (χ2n) is 6.46. The number of alkyl carbamates (subject to hydrolysis) is 1. The number of primary sulfonamides is 1. The van der Waals surface area contributed by atoms with Crippen molar-refractivity contribution >= 4 is 16.1 Å². The molecule has 0 aromatic rings. The molecule has 0 saturated heterocycles. The normalized spacial score (nSPS) is 14.0. The molecule has 0 bridgehead atoms. The molecule has 1 atom stereocenters. The van der Waals surface area contributed by atoms with Gasteiger partial charge in [0.1, 0.15) is 5.60 Å². The maximum atomic E-state index is 11.6. The second-order valence-corrected chi connectivity index (χ2v) is 8.19. The summed E-state index contributed by atoms with van der Waals surface area (Å²) in [6.07, 6.45) is -0.447. The van der Waals surface area contributed by atoms with Crippen LogP contribution >= 0.6 is 0 Å². The molecular formula is C13H29N3O4S. The molecule has 1 unspecified atom stereocenters. The molecule has 126 valence electrons. The van der Waals surface area contributed by atoms with Gasteiger partial charge >= 0.3 is 6.09 Å². The van der Waals surface area contributed by atoms with Crippen molar-refractivity contribution in [3.05, 3.63) is 0 Å². The van der Waals surface area contributed by atoms with E-state index >= 15 is 0 Å². The molecule has 0 aromatic carbocycles. The smallest absolute Gasteiger partial charge is 0.407 e. The van der Waals surface area contributed by atoms with Crippen LogP contribution in [0.15, 0.2) is 0 Å². The van der Waals surface area contributed by atoms with E-state index in [1.807, 2.05) is 13.8 Å². The van der Waals surface area contributed by atoms with E-state index in [2.05, 4.69) is 10.6 Å². The van der Waals surface area contributed by atoms with Crippen LogP contribution in [0.5, 0.6) is 0 Å². The largest absolute Gasteiger partial charge is 0.444 e. The predicted molar refractivity (Wildman–Crippen MR) is 83.4 cm³/mol. The number of hydrogen-bond donors (Lipinski definition) is 3. The minimum Gasteiger partial charge on any atom is -0.444 e. The van der Waals surface area contributed by atoms with Crippen molar-refractivity contribution in [2.75, 3.05) is 25.4 Å². The zero-order valence-electron chi connectivity index (χ0n) is 13.6. The Bertz CT molecular complexity index is 416. The fraction of sp³-hybridized carbons (Fsp3) is 0.923. The fourth-order valence-corrected chi connectivity index (χ4v) is 2.00. The van der Waals surface area contributed by atoms with Crippen LogP contribution < -0.4 is 15.8 Å². The minimum atomic E-state index is -3.44. The Labute approximate surface area is 128 Å². The number of sulfonamides is 1. The molecule has 0 fully saturated rings. The van der Waals surface area contributed by atoms with E-state index < -0.39 is 21.7 Å². The Balaban J connectivity index is 4.11. The summed E-state index contributed by atoms with van der Waals surface area (Å²) < 4.78 is 26.8. The van der Waals surface area contributed by atoms with Gasteiger partial charge in [0, 0.05) is 13.1 Å². The van der Waals surface area contributed by atoms with E-state index in [1.165, 1.54) is 0 Å². The summed E-state index contributed by atoms with van der Waals surface area (Å²) in [7, 11) is -3.44. The fourth-order valence-electron chi connectivity index (χ4n) is 1.57. The summed E-state index contributed by atoms with van der Waals surface area (Å²) in [4.78, 5) is 11.6. The zero-order chi connectivity index (χ0) is 16.7. The first-order valence-corrected chi connectivity index (χ1v) is 8.80. The quantitative estimate of drug-likeness (QED) is 0.568. The zero-order valence-corrected chi connectivity index (χ0v) is 14.4. The molecule has 0 aliphatic rings. The summed E-state index contributed by atoms with van der Waals surface area (Å²) in [5, 5.41) is 10.7. The highest BCUT2D eigenvalue weighted by Crippen LogP contribution is 2.10. The summed E-state index contributed by atoms with van der Waals surface area (Å²) in [5.41, 5.74) is -0.523. The van der Waals surface area contributed by atoms with Gasteiger partial charge in [-0.25, -0.2) is 18.4 Å². The van der Waals surface area contributed by atoms with Gasteiger partial charge in [-0.05, 0) is 39.2 Å². The standard InChI is InChI=1S/C13H29N3O4S/c1-10(2)11(8-15-6-7-21(14,18)19)9-16-12(17)20-13(3,4)5/h10-11,15H,6-9H2,1-5H3,(H,16,17)(H2,14,18,19). The number of hydrogen-bond acceptors (Lipinski definition) is 5. The van der Waals surface area contributed by atoms with Crippen LogP contribution in [0.1, 0.15) is 34.6 Å². The highest BCUT2D eigenvalue weighted by Gasteiger charge is 2.19. The number of nitrogens with one attached hydrogen (secondary N) is 2. The Morgan fingerprint density at radius 2 is 1.81 bits per heavy atom. The van der Waals surface area contributed by atoms with Gasteiger partial charge in [0.2, 0.25) is 10.0 Å². The average molecular weight is 323 g/mol. The van der Waals surface area contributed by atoms with Crippen LogP contribution in [-0.4, -0.2) is 45.5 Å². The molecule has 0 aliphatic carbocycles. The van der Waals surface area contributed by atoms with Crippen LogP contribution in [0, 0.1) is 11.8 Å². The van der Waals surface area contributed by atoms with Crippen LogP contribution in [-0.2, 0) is 14.8 Å². The summed E-state index contributed by atoms with van der Waals surface area (Å²) in [6, 6.07) is 0. The molecule has 0 saturated carbocycles. The minimum absolute atomic E-state index is 0.0999. The SMILES string of the molecule is CC(C)C(CNCCS(N)(=O)=O)CNC(=O)OC(C)(C)C. The lowest BCUT2D eigenvalue weighted by Crippen LogP contribution is -2.40. The van der Waals surface area contributed by atoms with Crippen LogP contribution in [0.25, 0.3) is 0 Å². The van der Waals surface area contributed by atoms with Crippen molar-refractivity contribution in [3.8, 4) is 0 Å². The highest BCUT2D eigenvalue weighted by molar-refractivity contribution is 7.89. The first-order chi connectivity index (χ1) is 9.41. The third-order valence-corrected chi connectivity index (χ3v) is 3.59. The lowest BCUT2D eigenvalue weighted by atomic mass is 9.96. The molecular weight excluding hydrogens is 294 g/mol. The van der Waals surface area contributed by atoms with Gasteiger partial charge in [-0.2, -0.15) is 0 Å². The van der Waals surface area contributed by atoms with E-state index in [-0.39, 0.29) is 11.7 Å². The average Bonchev–Trinajstić information content (AvgIpc) is 2.23. The number of amides is 1. The molecule has 7 nitrogen and oxygen atoms in total. The molecule has 8 heteroatoms. The van der Waals surface area contributed by atoms with E-state index in [0.29, 0.717) is 25.6 Å². The second kappa shape index (κ2) is 8.55. The molecule has 1 amide bonds. The first kappa shape index (κ1) is 20.1. The predicted octanol–water partition coefficient (Wildman–Crippen LogP) is 0.661. The van der Waals surface area contributed by atoms with Gasteiger partial charge in [0.25, 0.3) is 0 Å². The topological polar surface area (TPSA) is 111 Å². The van der Waals surface area contributed by atoms with Gasteiger partial charge in [-0.15, -0.1) is 0 Å². The van der Waals surface area contributed by atoms with Gasteiger partial charge in [0.15, 0.2) is 0 Å². The van der Waals surface area contributed by atoms with E-state index in [4.69, 9.17) is 9.88 Å². The van der Waals surface area contributed by atoms with E-state index in [1.54, 1.807) is 20.8 Å². The van der Waals surface area contributed by atoms with Gasteiger partial charge in [-0.3, -0.25) is 0 Å². The van der Waals surface area contributed by atoms with Crippen LogP contribution in [0.3, 0.4) is 0 Å². The Morgan fingerprint density at radius 3 is 2.24 bits per heavy atom. The maximum Gasteiger partial charge on any atom is 0.407 e. The van der Waals surface area contributed by atoms with Gasteiger partial charge in [-0.1, -0.05) is 13.8 Å². The van der Waals surface area contributed by atoms with Crippen molar-refractivity contribution in [3.63, 3.8) is 0 Å². The molecule has 0 spiro atoms. The first-order valence-electron chi connectivity index (χ1n) is 7.09. The summed E-state index contributed by atoms with van der Waals surface area (Å²) in [5.74, 6) is 0.414. The van der Waals surface area contributed by atoms with Crippen molar-refractivity contribution in [2.24, 2.45) is 17.0 Å². The third-order valence-electron chi connectivity index (χ3n) is 2.82. The van der Waals surface area contributed by atoms with Crippen molar-refractivity contribution in [2.45, 2.75) is 40.2 Å². The summed E-state index contributed by atoms with van der Waals surface area (Å²) >= 11 is 0. The van der Waals surface area contributed by atoms with Gasteiger partial charge in [0.05, 0.1) is 5.75 Å². The molecule has 0 rings (SSSR count). The molecule has 0 aliphatic heterocycles.